The minimum Gasteiger partial charge on any atom is -0.481 e. The number of aliphatic carboxylic acids is 1. The molecule has 0 aromatic heterocycles. The van der Waals surface area contributed by atoms with Gasteiger partial charge in [0, 0.05) is 30.4 Å². The molecule has 3 nitrogen and oxygen atoms in total. The van der Waals surface area contributed by atoms with Gasteiger partial charge in [0.2, 0.25) is 0 Å². The Morgan fingerprint density at radius 2 is 2.06 bits per heavy atom. The van der Waals surface area contributed by atoms with E-state index in [4.69, 9.17) is 11.6 Å². The fourth-order valence-electron chi connectivity index (χ4n) is 2.05. The summed E-state index contributed by atoms with van der Waals surface area (Å²) in [5.41, 5.74) is 0.902. The van der Waals surface area contributed by atoms with Gasteiger partial charge < -0.3 is 10.0 Å². The van der Waals surface area contributed by atoms with Gasteiger partial charge in [-0.15, -0.1) is 0 Å². The topological polar surface area (TPSA) is 40.5 Å². The molecule has 1 aliphatic carbocycles. The number of carbonyl (C=O) groups is 1. The number of carboxylic acids is 1. The van der Waals surface area contributed by atoms with Crippen molar-refractivity contribution in [3.05, 3.63) is 28.8 Å². The summed E-state index contributed by atoms with van der Waals surface area (Å²) in [5.74, 6) is -0.774. The van der Waals surface area contributed by atoms with Crippen LogP contribution >= 0.6 is 11.6 Å². The molecule has 86 valence electrons. The number of hydrogen-bond acceptors (Lipinski definition) is 2. The van der Waals surface area contributed by atoms with Gasteiger partial charge in [-0.2, -0.15) is 0 Å². The van der Waals surface area contributed by atoms with Crippen molar-refractivity contribution in [2.45, 2.75) is 18.3 Å². The van der Waals surface area contributed by atoms with E-state index in [9.17, 15) is 9.90 Å². The molecule has 1 saturated carbocycles. The minimum atomic E-state index is -0.774. The number of hydrogen-bond donors (Lipinski definition) is 1. The average molecular weight is 240 g/mol. The zero-order valence-electron chi connectivity index (χ0n) is 9.33. The highest BCUT2D eigenvalue weighted by Crippen LogP contribution is 2.53. The van der Waals surface area contributed by atoms with Gasteiger partial charge in [-0.25, -0.2) is 0 Å². The summed E-state index contributed by atoms with van der Waals surface area (Å²) in [7, 11) is 3.79. The fourth-order valence-corrected chi connectivity index (χ4v) is 2.41. The lowest BCUT2D eigenvalue weighted by atomic mass is 9.94. The van der Waals surface area contributed by atoms with Gasteiger partial charge >= 0.3 is 5.97 Å². The molecule has 0 bridgehead atoms. The summed E-state index contributed by atoms with van der Waals surface area (Å²) in [6, 6.07) is 5.51. The Morgan fingerprint density at radius 3 is 2.50 bits per heavy atom. The molecule has 0 spiro atoms. The van der Waals surface area contributed by atoms with Crippen molar-refractivity contribution in [3.8, 4) is 0 Å². The van der Waals surface area contributed by atoms with Crippen LogP contribution in [0.2, 0.25) is 5.02 Å². The molecule has 0 saturated heterocycles. The molecule has 0 radical (unpaired) electrons. The van der Waals surface area contributed by atoms with Gasteiger partial charge in [-0.1, -0.05) is 17.7 Å². The van der Waals surface area contributed by atoms with Gasteiger partial charge in [0.15, 0.2) is 0 Å². The van der Waals surface area contributed by atoms with Gasteiger partial charge in [-0.05, 0) is 25.0 Å². The summed E-state index contributed by atoms with van der Waals surface area (Å²) in [6.07, 6.45) is 1.35. The third-order valence-electron chi connectivity index (χ3n) is 3.11. The lowest BCUT2D eigenvalue weighted by Gasteiger charge is -2.22. The summed E-state index contributed by atoms with van der Waals surface area (Å²) < 4.78 is 0. The molecular formula is C12H14ClNO2. The third-order valence-corrected chi connectivity index (χ3v) is 3.43. The Labute approximate surface area is 99.6 Å². The summed E-state index contributed by atoms with van der Waals surface area (Å²) in [4.78, 5) is 13.2. The average Bonchev–Trinajstić information content (AvgIpc) is 2.98. The van der Waals surface area contributed by atoms with Crippen LogP contribution in [0, 0.1) is 0 Å². The largest absolute Gasteiger partial charge is 0.481 e. The number of benzene rings is 1. The molecule has 1 aromatic carbocycles. The normalized spacial score (nSPS) is 16.9. The zero-order valence-corrected chi connectivity index (χ0v) is 10.1. The molecule has 1 fully saturated rings. The molecule has 2 rings (SSSR count). The highest BCUT2D eigenvalue weighted by Gasteiger charge is 2.54. The number of halogens is 1. The maximum atomic E-state index is 11.3. The van der Waals surface area contributed by atoms with E-state index in [1.165, 1.54) is 0 Å². The van der Waals surface area contributed by atoms with Crippen molar-refractivity contribution in [1.29, 1.82) is 0 Å². The Bertz CT molecular complexity index is 439. The Morgan fingerprint density at radius 1 is 1.44 bits per heavy atom. The Balaban J connectivity index is 2.59. The summed E-state index contributed by atoms with van der Waals surface area (Å²) in [5, 5.41) is 9.86. The Kier molecular flexibility index (Phi) is 2.58. The Hall–Kier alpha value is -1.22. The molecule has 0 aliphatic heterocycles. The van der Waals surface area contributed by atoms with E-state index in [0.29, 0.717) is 17.9 Å². The first-order chi connectivity index (χ1) is 7.49. The fraction of sp³-hybridized carbons (Fsp3) is 0.417. The first-order valence-electron chi connectivity index (χ1n) is 5.19. The van der Waals surface area contributed by atoms with E-state index in [2.05, 4.69) is 0 Å². The van der Waals surface area contributed by atoms with Gasteiger partial charge in [-0.3, -0.25) is 4.79 Å². The molecule has 1 aliphatic rings. The first-order valence-corrected chi connectivity index (χ1v) is 5.56. The van der Waals surface area contributed by atoms with Crippen LogP contribution < -0.4 is 4.90 Å². The lowest BCUT2D eigenvalue weighted by molar-refractivity contribution is -0.140. The van der Waals surface area contributed by atoms with Crippen LogP contribution in [0.4, 0.5) is 5.69 Å². The number of carboxylic acid groups (broad SMARTS) is 1. The van der Waals surface area contributed by atoms with Crippen molar-refractivity contribution in [2.75, 3.05) is 19.0 Å². The SMILES string of the molecule is CN(C)c1cccc(Cl)c1C1(C(=O)O)CC1. The van der Waals surface area contributed by atoms with E-state index >= 15 is 0 Å². The van der Waals surface area contributed by atoms with E-state index < -0.39 is 11.4 Å². The monoisotopic (exact) mass is 239 g/mol. The van der Waals surface area contributed by atoms with Gasteiger partial charge in [0.25, 0.3) is 0 Å². The second kappa shape index (κ2) is 3.67. The van der Waals surface area contributed by atoms with E-state index in [0.717, 1.165) is 11.3 Å². The second-order valence-corrected chi connectivity index (χ2v) is 4.82. The molecule has 0 unspecified atom stereocenters. The number of anilines is 1. The van der Waals surface area contributed by atoms with Crippen molar-refractivity contribution < 1.29 is 9.90 Å². The van der Waals surface area contributed by atoms with E-state index in [1.54, 1.807) is 6.07 Å². The zero-order chi connectivity index (χ0) is 11.9. The maximum Gasteiger partial charge on any atom is 0.314 e. The van der Waals surface area contributed by atoms with Crippen LogP contribution in [-0.2, 0) is 10.2 Å². The van der Waals surface area contributed by atoms with E-state index in [-0.39, 0.29) is 0 Å². The predicted molar refractivity (Wildman–Crippen MR) is 64.3 cm³/mol. The smallest absolute Gasteiger partial charge is 0.314 e. The molecule has 0 atom stereocenters. The molecule has 16 heavy (non-hydrogen) atoms. The third kappa shape index (κ3) is 1.55. The number of rotatable bonds is 3. The van der Waals surface area contributed by atoms with Crippen molar-refractivity contribution in [3.63, 3.8) is 0 Å². The van der Waals surface area contributed by atoms with E-state index in [1.807, 2.05) is 31.1 Å². The number of nitrogens with zero attached hydrogens (tertiary/aromatic N) is 1. The maximum absolute atomic E-state index is 11.3. The van der Waals surface area contributed by atoms with Crippen LogP contribution in [0.5, 0.6) is 0 Å². The van der Waals surface area contributed by atoms with Crippen molar-refractivity contribution in [1.82, 2.24) is 0 Å². The van der Waals surface area contributed by atoms with Crippen LogP contribution in [0.1, 0.15) is 18.4 Å². The first kappa shape index (κ1) is 11.3. The highest BCUT2D eigenvalue weighted by atomic mass is 35.5. The highest BCUT2D eigenvalue weighted by molar-refractivity contribution is 6.32. The summed E-state index contributed by atoms with van der Waals surface area (Å²) in [6.45, 7) is 0. The van der Waals surface area contributed by atoms with Gasteiger partial charge in [0.1, 0.15) is 0 Å². The standard InChI is InChI=1S/C12H14ClNO2/c1-14(2)9-5-3-4-8(13)10(9)12(6-7-12)11(15)16/h3-5H,6-7H2,1-2H3,(H,15,16). The minimum absolute atomic E-state index is 0.547. The quantitative estimate of drug-likeness (QED) is 0.881. The van der Waals surface area contributed by atoms with Crippen LogP contribution in [0.3, 0.4) is 0 Å². The second-order valence-electron chi connectivity index (χ2n) is 4.42. The predicted octanol–water partition coefficient (Wildman–Crippen LogP) is 2.52. The molecule has 4 heteroatoms. The molecule has 0 amide bonds. The van der Waals surface area contributed by atoms with Crippen molar-refractivity contribution in [2.24, 2.45) is 0 Å². The van der Waals surface area contributed by atoms with Crippen LogP contribution in [0.25, 0.3) is 0 Å². The lowest BCUT2D eigenvalue weighted by Crippen LogP contribution is -2.24. The van der Waals surface area contributed by atoms with Crippen LogP contribution in [-0.4, -0.2) is 25.2 Å². The summed E-state index contributed by atoms with van der Waals surface area (Å²) >= 11 is 6.15. The molecule has 1 N–H and O–H groups in total. The molecule has 0 heterocycles. The van der Waals surface area contributed by atoms with Gasteiger partial charge in [0.05, 0.1) is 5.41 Å². The molecular weight excluding hydrogens is 226 g/mol. The molecule has 1 aromatic rings. The van der Waals surface area contributed by atoms with Crippen molar-refractivity contribution >= 4 is 23.3 Å². The van der Waals surface area contributed by atoms with Crippen LogP contribution in [0.15, 0.2) is 18.2 Å².